The number of aromatic amines is 1. The average molecular weight is 442 g/mol. The Labute approximate surface area is 173 Å². The molecule has 0 aliphatic carbocycles. The van der Waals surface area contributed by atoms with Crippen molar-refractivity contribution < 1.29 is 26.7 Å². The Morgan fingerprint density at radius 3 is 2.68 bits per heavy atom. The van der Waals surface area contributed by atoms with Gasteiger partial charge in [0, 0.05) is 13.1 Å². The van der Waals surface area contributed by atoms with Crippen LogP contribution in [0.3, 0.4) is 0 Å². The molecule has 7 nitrogen and oxygen atoms in total. The standard InChI is InChI=1S/C19H19F5N6O/c20-18(21)10-30(7-5-12-1-3-13(4-2-12)31-19(22,23)24)8-6-15(18)28-16-14-9-27-29-17(14)26-11-25-16/h1-4,9,11,15H,5-8,10H2,(H2,25,26,27,28,29)/t15-/m1/s1. The minimum Gasteiger partial charge on any atom is -0.406 e. The fourth-order valence-electron chi connectivity index (χ4n) is 3.57. The van der Waals surface area contributed by atoms with Gasteiger partial charge in [-0.1, -0.05) is 12.1 Å². The molecule has 1 saturated heterocycles. The van der Waals surface area contributed by atoms with Crippen LogP contribution in [0.25, 0.3) is 11.0 Å². The van der Waals surface area contributed by atoms with Crippen molar-refractivity contribution in [2.24, 2.45) is 0 Å². The van der Waals surface area contributed by atoms with E-state index in [0.717, 1.165) is 5.56 Å². The van der Waals surface area contributed by atoms with Gasteiger partial charge in [0.25, 0.3) is 5.92 Å². The van der Waals surface area contributed by atoms with Gasteiger partial charge in [-0.15, -0.1) is 13.2 Å². The van der Waals surface area contributed by atoms with Crippen LogP contribution in [0, 0.1) is 0 Å². The SMILES string of the molecule is FC(F)(F)Oc1ccc(CCN2CC[C@@H](Nc3ncnc4[nH]ncc34)C(F)(F)C2)cc1. The Bertz CT molecular complexity index is 1020. The number of fused-ring (bicyclic) bond motifs is 1. The second-order valence-electron chi connectivity index (χ2n) is 7.32. The molecule has 1 aliphatic heterocycles. The van der Waals surface area contributed by atoms with Gasteiger partial charge >= 0.3 is 6.36 Å². The van der Waals surface area contributed by atoms with E-state index in [9.17, 15) is 22.0 Å². The van der Waals surface area contributed by atoms with E-state index in [0.29, 0.717) is 36.4 Å². The molecule has 12 heteroatoms. The molecule has 1 aromatic carbocycles. The van der Waals surface area contributed by atoms with E-state index in [1.54, 1.807) is 4.90 Å². The van der Waals surface area contributed by atoms with Gasteiger partial charge in [-0.3, -0.25) is 10.00 Å². The summed E-state index contributed by atoms with van der Waals surface area (Å²) >= 11 is 0. The maximum absolute atomic E-state index is 14.8. The Hall–Kier alpha value is -3.02. The van der Waals surface area contributed by atoms with E-state index in [-0.39, 0.29) is 12.2 Å². The lowest BCUT2D eigenvalue weighted by Crippen LogP contribution is -2.54. The molecular formula is C19H19F5N6O. The highest BCUT2D eigenvalue weighted by molar-refractivity contribution is 5.85. The van der Waals surface area contributed by atoms with Crippen molar-refractivity contribution in [2.45, 2.75) is 31.2 Å². The van der Waals surface area contributed by atoms with Crippen molar-refractivity contribution in [3.63, 3.8) is 0 Å². The summed E-state index contributed by atoms with van der Waals surface area (Å²) in [5, 5.41) is 9.89. The fraction of sp³-hybridized carbons (Fsp3) is 0.421. The van der Waals surface area contributed by atoms with Crippen LogP contribution in [-0.4, -0.2) is 63.0 Å². The minimum absolute atomic E-state index is 0.203. The minimum atomic E-state index is -4.75. The Morgan fingerprint density at radius 1 is 1.19 bits per heavy atom. The van der Waals surface area contributed by atoms with Gasteiger partial charge < -0.3 is 10.1 Å². The van der Waals surface area contributed by atoms with Gasteiger partial charge in [-0.05, 0) is 30.5 Å². The zero-order valence-electron chi connectivity index (χ0n) is 16.2. The molecule has 2 N–H and O–H groups in total. The molecular weight excluding hydrogens is 423 g/mol. The normalized spacial score (nSPS) is 19.5. The zero-order chi connectivity index (χ0) is 22.1. The van der Waals surface area contributed by atoms with E-state index in [1.165, 1.54) is 36.8 Å². The van der Waals surface area contributed by atoms with E-state index in [1.807, 2.05) is 0 Å². The number of hydrogen-bond acceptors (Lipinski definition) is 6. The molecule has 0 spiro atoms. The second kappa shape index (κ2) is 8.25. The molecule has 0 unspecified atom stereocenters. The van der Waals surface area contributed by atoms with Crippen molar-refractivity contribution in [1.82, 2.24) is 25.1 Å². The van der Waals surface area contributed by atoms with Gasteiger partial charge in [0.2, 0.25) is 0 Å². The van der Waals surface area contributed by atoms with Gasteiger partial charge in [-0.2, -0.15) is 5.10 Å². The number of anilines is 1. The number of likely N-dealkylation sites (tertiary alicyclic amines) is 1. The van der Waals surface area contributed by atoms with Crippen LogP contribution in [0.1, 0.15) is 12.0 Å². The predicted octanol–water partition coefficient (Wildman–Crippen LogP) is 3.62. The number of aromatic nitrogens is 4. The van der Waals surface area contributed by atoms with Crippen molar-refractivity contribution in [3.8, 4) is 5.75 Å². The number of hydrogen-bond donors (Lipinski definition) is 2. The molecule has 1 atom stereocenters. The van der Waals surface area contributed by atoms with Crippen molar-refractivity contribution in [3.05, 3.63) is 42.4 Å². The molecule has 0 amide bonds. The lowest BCUT2D eigenvalue weighted by Gasteiger charge is -2.38. The number of nitrogens with zero attached hydrogens (tertiary/aromatic N) is 4. The summed E-state index contributed by atoms with van der Waals surface area (Å²) in [6.07, 6.45) is -1.35. The van der Waals surface area contributed by atoms with E-state index in [4.69, 9.17) is 0 Å². The number of halogens is 5. The van der Waals surface area contributed by atoms with Crippen molar-refractivity contribution in [1.29, 1.82) is 0 Å². The number of nitrogens with one attached hydrogen (secondary N) is 2. The first-order chi connectivity index (χ1) is 14.7. The van der Waals surface area contributed by atoms with Gasteiger partial charge in [0.15, 0.2) is 5.65 Å². The molecule has 166 valence electrons. The van der Waals surface area contributed by atoms with Gasteiger partial charge in [0.05, 0.1) is 24.2 Å². The third-order valence-electron chi connectivity index (χ3n) is 5.11. The average Bonchev–Trinajstić information content (AvgIpc) is 3.17. The van der Waals surface area contributed by atoms with E-state index >= 15 is 0 Å². The first-order valence-electron chi connectivity index (χ1n) is 9.55. The Kier molecular flexibility index (Phi) is 5.65. The molecule has 0 saturated carbocycles. The van der Waals surface area contributed by atoms with Crippen LogP contribution < -0.4 is 10.1 Å². The summed E-state index contributed by atoms with van der Waals surface area (Å²) in [4.78, 5) is 9.69. The van der Waals surface area contributed by atoms with Gasteiger partial charge in [-0.25, -0.2) is 18.7 Å². The smallest absolute Gasteiger partial charge is 0.406 e. The summed E-state index contributed by atoms with van der Waals surface area (Å²) in [6.45, 7) is 0.378. The first kappa shape index (κ1) is 21.2. The van der Waals surface area contributed by atoms with Crippen LogP contribution >= 0.6 is 0 Å². The molecule has 3 aromatic rings. The predicted molar refractivity (Wildman–Crippen MR) is 102 cm³/mol. The van der Waals surface area contributed by atoms with Crippen LogP contribution in [0.4, 0.5) is 27.8 Å². The zero-order valence-corrected chi connectivity index (χ0v) is 16.2. The molecule has 1 aliphatic rings. The lowest BCUT2D eigenvalue weighted by molar-refractivity contribution is -0.274. The number of H-pyrrole nitrogens is 1. The van der Waals surface area contributed by atoms with Crippen LogP contribution in [0.15, 0.2) is 36.8 Å². The maximum Gasteiger partial charge on any atom is 0.573 e. The molecule has 4 rings (SSSR count). The molecule has 1 fully saturated rings. The lowest BCUT2D eigenvalue weighted by atomic mass is 10.00. The summed E-state index contributed by atoms with van der Waals surface area (Å²) in [5.41, 5.74) is 1.20. The molecule has 3 heterocycles. The number of piperidine rings is 1. The summed E-state index contributed by atoms with van der Waals surface area (Å²) in [6, 6.07) is 4.34. The van der Waals surface area contributed by atoms with Crippen LogP contribution in [0.2, 0.25) is 0 Å². The molecule has 0 bridgehead atoms. The van der Waals surface area contributed by atoms with Crippen LogP contribution in [0.5, 0.6) is 5.75 Å². The quantitative estimate of drug-likeness (QED) is 0.568. The van der Waals surface area contributed by atoms with E-state index < -0.39 is 24.9 Å². The number of benzene rings is 1. The second-order valence-corrected chi connectivity index (χ2v) is 7.32. The van der Waals surface area contributed by atoms with E-state index in [2.05, 4.69) is 30.2 Å². The highest BCUT2D eigenvalue weighted by Crippen LogP contribution is 2.31. The summed E-state index contributed by atoms with van der Waals surface area (Å²) < 4.78 is 70.0. The molecule has 31 heavy (non-hydrogen) atoms. The Morgan fingerprint density at radius 2 is 1.97 bits per heavy atom. The summed E-state index contributed by atoms with van der Waals surface area (Å²) in [5.74, 6) is -3.01. The number of alkyl halides is 5. The largest absolute Gasteiger partial charge is 0.573 e. The third kappa shape index (κ3) is 5.19. The van der Waals surface area contributed by atoms with Crippen molar-refractivity contribution in [2.75, 3.05) is 25.0 Å². The highest BCUT2D eigenvalue weighted by Gasteiger charge is 2.44. The van der Waals surface area contributed by atoms with Gasteiger partial charge in [0.1, 0.15) is 17.9 Å². The highest BCUT2D eigenvalue weighted by atomic mass is 19.4. The number of rotatable bonds is 6. The molecule has 0 radical (unpaired) electrons. The maximum atomic E-state index is 14.8. The third-order valence-corrected chi connectivity index (χ3v) is 5.11. The summed E-state index contributed by atoms with van der Waals surface area (Å²) in [7, 11) is 0. The fourth-order valence-corrected chi connectivity index (χ4v) is 3.57. The molecule has 2 aromatic heterocycles. The topological polar surface area (TPSA) is 79.0 Å². The first-order valence-corrected chi connectivity index (χ1v) is 9.55. The monoisotopic (exact) mass is 442 g/mol. The Balaban J connectivity index is 1.32. The van der Waals surface area contributed by atoms with Crippen LogP contribution in [-0.2, 0) is 6.42 Å². The number of ether oxygens (including phenoxy) is 1. The van der Waals surface area contributed by atoms with Crippen molar-refractivity contribution >= 4 is 16.9 Å².